The van der Waals surface area contributed by atoms with E-state index in [2.05, 4.69) is 23.6 Å². The summed E-state index contributed by atoms with van der Waals surface area (Å²) in [6.45, 7) is 8.40. The molecule has 0 amide bonds. The van der Waals surface area contributed by atoms with E-state index in [4.69, 9.17) is 0 Å². The van der Waals surface area contributed by atoms with Crippen molar-refractivity contribution >= 4 is 0 Å². The van der Waals surface area contributed by atoms with Crippen LogP contribution < -0.4 is 0 Å². The lowest BCUT2D eigenvalue weighted by Gasteiger charge is -2.52. The van der Waals surface area contributed by atoms with Gasteiger partial charge in [-0.2, -0.15) is 0 Å². The van der Waals surface area contributed by atoms with Crippen LogP contribution in [0.2, 0.25) is 0 Å². The summed E-state index contributed by atoms with van der Waals surface area (Å²) in [5, 5.41) is 10.4. The van der Waals surface area contributed by atoms with Crippen molar-refractivity contribution in [2.75, 3.05) is 19.6 Å². The third-order valence-electron chi connectivity index (χ3n) is 5.70. The Hall–Kier alpha value is -0.120. The zero-order valence-corrected chi connectivity index (χ0v) is 12.6. The molecule has 1 saturated carbocycles. The first-order chi connectivity index (χ1) is 9.15. The molecule has 5 atom stereocenters. The maximum atomic E-state index is 10.4. The highest BCUT2D eigenvalue weighted by molar-refractivity contribution is 4.95. The minimum atomic E-state index is -0.0891. The molecule has 0 aromatic carbocycles. The van der Waals surface area contributed by atoms with Crippen molar-refractivity contribution in [1.29, 1.82) is 0 Å². The van der Waals surface area contributed by atoms with Crippen LogP contribution in [-0.2, 0) is 0 Å². The van der Waals surface area contributed by atoms with Crippen LogP contribution in [0.25, 0.3) is 0 Å². The smallest absolute Gasteiger partial charge is 0.0695 e. The third kappa shape index (κ3) is 2.84. The van der Waals surface area contributed by atoms with Gasteiger partial charge in [-0.15, -0.1) is 0 Å². The molecule has 5 unspecified atom stereocenters. The minimum absolute atomic E-state index is 0.0891. The number of hydrogen-bond donors (Lipinski definition) is 1. The predicted octanol–water partition coefficient (Wildman–Crippen LogP) is 2.09. The van der Waals surface area contributed by atoms with Gasteiger partial charge in [0.25, 0.3) is 0 Å². The molecule has 0 bridgehead atoms. The lowest BCUT2D eigenvalue weighted by molar-refractivity contribution is -0.0630. The molecule has 3 heteroatoms. The first kappa shape index (κ1) is 13.8. The quantitative estimate of drug-likeness (QED) is 0.787. The van der Waals surface area contributed by atoms with Gasteiger partial charge < -0.3 is 5.11 Å². The molecule has 0 aromatic rings. The van der Waals surface area contributed by atoms with E-state index < -0.39 is 0 Å². The lowest BCUT2D eigenvalue weighted by Crippen LogP contribution is -2.63. The van der Waals surface area contributed by atoms with E-state index in [-0.39, 0.29) is 6.10 Å². The molecule has 2 heterocycles. The summed E-state index contributed by atoms with van der Waals surface area (Å²) in [7, 11) is 0. The first-order valence-corrected chi connectivity index (χ1v) is 8.33. The average molecular weight is 266 g/mol. The van der Waals surface area contributed by atoms with Crippen LogP contribution in [0.15, 0.2) is 0 Å². The number of fused-ring (bicyclic) bond motifs is 1. The summed E-state index contributed by atoms with van der Waals surface area (Å²) < 4.78 is 0. The fourth-order valence-corrected chi connectivity index (χ4v) is 4.53. The summed E-state index contributed by atoms with van der Waals surface area (Å²) in [5.41, 5.74) is 0. The average Bonchev–Trinajstić information content (AvgIpc) is 2.41. The summed E-state index contributed by atoms with van der Waals surface area (Å²) in [4.78, 5) is 5.34. The van der Waals surface area contributed by atoms with Crippen LogP contribution in [0.3, 0.4) is 0 Å². The number of aliphatic hydroxyl groups is 1. The number of piperidine rings is 1. The fourth-order valence-electron chi connectivity index (χ4n) is 4.53. The van der Waals surface area contributed by atoms with E-state index in [1.54, 1.807) is 0 Å². The molecule has 0 spiro atoms. The molecule has 2 saturated heterocycles. The molecule has 1 aliphatic carbocycles. The van der Waals surface area contributed by atoms with Gasteiger partial charge >= 0.3 is 0 Å². The van der Waals surface area contributed by atoms with E-state index in [1.165, 1.54) is 51.7 Å². The molecule has 1 N–H and O–H groups in total. The summed E-state index contributed by atoms with van der Waals surface area (Å²) >= 11 is 0. The molecule has 0 aromatic heterocycles. The Labute approximate surface area is 118 Å². The second-order valence-corrected chi connectivity index (χ2v) is 7.24. The van der Waals surface area contributed by atoms with Crippen molar-refractivity contribution in [3.63, 3.8) is 0 Å². The summed E-state index contributed by atoms with van der Waals surface area (Å²) in [6, 6.07) is 1.79. The van der Waals surface area contributed by atoms with Gasteiger partial charge in [-0.05, 0) is 51.5 Å². The standard InChI is InChI=1S/C16H30N2O/c1-12-6-7-16(19)15(9-12)18-11-14-5-3-4-8-17(14)10-13(18)2/h12-16,19H,3-11H2,1-2H3. The number of nitrogens with zero attached hydrogens (tertiary/aromatic N) is 2. The zero-order chi connectivity index (χ0) is 13.4. The van der Waals surface area contributed by atoms with Crippen LogP contribution in [-0.4, -0.2) is 58.8 Å². The Morgan fingerprint density at radius 3 is 2.68 bits per heavy atom. The molecule has 0 radical (unpaired) electrons. The highest BCUT2D eigenvalue weighted by Gasteiger charge is 2.40. The molecule has 3 aliphatic rings. The van der Waals surface area contributed by atoms with Gasteiger partial charge in [0.1, 0.15) is 0 Å². The Kier molecular flexibility index (Phi) is 4.16. The van der Waals surface area contributed by atoms with Crippen molar-refractivity contribution in [1.82, 2.24) is 9.80 Å². The maximum absolute atomic E-state index is 10.4. The number of rotatable bonds is 1. The van der Waals surface area contributed by atoms with E-state index in [1.807, 2.05) is 0 Å². The topological polar surface area (TPSA) is 26.7 Å². The van der Waals surface area contributed by atoms with Crippen molar-refractivity contribution in [3.8, 4) is 0 Å². The molecule has 3 nitrogen and oxygen atoms in total. The summed E-state index contributed by atoms with van der Waals surface area (Å²) in [6.07, 6.45) is 7.45. The monoisotopic (exact) mass is 266 g/mol. The van der Waals surface area contributed by atoms with Crippen LogP contribution in [0.1, 0.15) is 52.4 Å². The minimum Gasteiger partial charge on any atom is -0.391 e. The van der Waals surface area contributed by atoms with Gasteiger partial charge in [0, 0.05) is 31.2 Å². The number of aliphatic hydroxyl groups excluding tert-OH is 1. The second kappa shape index (κ2) is 5.71. The number of hydrogen-bond acceptors (Lipinski definition) is 3. The van der Waals surface area contributed by atoms with Gasteiger partial charge in [-0.3, -0.25) is 9.80 Å². The molecular weight excluding hydrogens is 236 g/mol. The molecule has 2 aliphatic heterocycles. The Morgan fingerprint density at radius 1 is 1.00 bits per heavy atom. The van der Waals surface area contributed by atoms with Crippen LogP contribution >= 0.6 is 0 Å². The SMILES string of the molecule is CC1CCC(O)C(N2CC3CCCCN3CC2C)C1. The molecule has 110 valence electrons. The zero-order valence-electron chi connectivity index (χ0n) is 12.6. The van der Waals surface area contributed by atoms with Crippen LogP contribution in [0.4, 0.5) is 0 Å². The van der Waals surface area contributed by atoms with Crippen LogP contribution in [0.5, 0.6) is 0 Å². The number of piperazine rings is 1. The Morgan fingerprint density at radius 2 is 1.84 bits per heavy atom. The van der Waals surface area contributed by atoms with E-state index in [9.17, 15) is 5.11 Å². The normalized spacial score (nSPS) is 45.9. The highest BCUT2D eigenvalue weighted by Crippen LogP contribution is 2.32. The summed E-state index contributed by atoms with van der Waals surface area (Å²) in [5.74, 6) is 0.782. The first-order valence-electron chi connectivity index (χ1n) is 8.33. The Bertz CT molecular complexity index is 309. The molecule has 19 heavy (non-hydrogen) atoms. The highest BCUT2D eigenvalue weighted by atomic mass is 16.3. The van der Waals surface area contributed by atoms with Crippen molar-refractivity contribution in [2.24, 2.45) is 5.92 Å². The van der Waals surface area contributed by atoms with E-state index in [0.29, 0.717) is 12.1 Å². The molecule has 3 fully saturated rings. The van der Waals surface area contributed by atoms with Gasteiger partial charge in [0.15, 0.2) is 0 Å². The van der Waals surface area contributed by atoms with E-state index in [0.717, 1.165) is 18.4 Å². The Balaban J connectivity index is 1.69. The third-order valence-corrected chi connectivity index (χ3v) is 5.70. The van der Waals surface area contributed by atoms with E-state index >= 15 is 0 Å². The van der Waals surface area contributed by atoms with Gasteiger partial charge in [0.2, 0.25) is 0 Å². The van der Waals surface area contributed by atoms with Crippen molar-refractivity contribution in [2.45, 2.75) is 76.6 Å². The molecule has 3 rings (SSSR count). The predicted molar refractivity (Wildman–Crippen MR) is 78.2 cm³/mol. The van der Waals surface area contributed by atoms with Gasteiger partial charge in [-0.1, -0.05) is 13.3 Å². The molecular formula is C16H30N2O. The maximum Gasteiger partial charge on any atom is 0.0695 e. The van der Waals surface area contributed by atoms with Gasteiger partial charge in [-0.25, -0.2) is 0 Å². The fraction of sp³-hybridized carbons (Fsp3) is 1.00. The lowest BCUT2D eigenvalue weighted by atomic mass is 9.82. The van der Waals surface area contributed by atoms with Crippen molar-refractivity contribution < 1.29 is 5.11 Å². The van der Waals surface area contributed by atoms with Crippen molar-refractivity contribution in [3.05, 3.63) is 0 Å². The second-order valence-electron chi connectivity index (χ2n) is 7.24. The largest absolute Gasteiger partial charge is 0.391 e. The van der Waals surface area contributed by atoms with Crippen LogP contribution in [0, 0.1) is 5.92 Å². The van der Waals surface area contributed by atoms with Gasteiger partial charge in [0.05, 0.1) is 6.10 Å².